The summed E-state index contributed by atoms with van der Waals surface area (Å²) >= 11 is 0. The summed E-state index contributed by atoms with van der Waals surface area (Å²) in [6.45, 7) is -0.120. The van der Waals surface area contributed by atoms with Gasteiger partial charge in [0.2, 0.25) is 5.91 Å². The Hall–Kier alpha value is -2.09. The van der Waals surface area contributed by atoms with Gasteiger partial charge in [0.05, 0.1) is 11.5 Å². The Morgan fingerprint density at radius 2 is 1.86 bits per heavy atom. The zero-order chi connectivity index (χ0) is 15.9. The minimum Gasteiger partial charge on any atom is -0.494 e. The van der Waals surface area contributed by atoms with E-state index < -0.39 is 22.4 Å². The SMILES string of the molecule is CS(=O)(=O)c1ccc(OCCCC(=O)NCC(=O)O)cc1. The van der Waals surface area contributed by atoms with Gasteiger partial charge in [-0.3, -0.25) is 9.59 Å². The molecule has 2 N–H and O–H groups in total. The fourth-order valence-corrected chi connectivity index (χ4v) is 2.10. The highest BCUT2D eigenvalue weighted by Crippen LogP contribution is 2.16. The number of carboxylic acid groups (broad SMARTS) is 1. The molecule has 0 saturated carbocycles. The quantitative estimate of drug-likeness (QED) is 0.674. The maximum atomic E-state index is 11.3. The van der Waals surface area contributed by atoms with Crippen molar-refractivity contribution in [2.75, 3.05) is 19.4 Å². The number of hydrogen-bond acceptors (Lipinski definition) is 5. The van der Waals surface area contributed by atoms with Crippen molar-refractivity contribution in [1.82, 2.24) is 5.32 Å². The van der Waals surface area contributed by atoms with Gasteiger partial charge < -0.3 is 15.2 Å². The smallest absolute Gasteiger partial charge is 0.322 e. The van der Waals surface area contributed by atoms with E-state index in [-0.39, 0.29) is 23.8 Å². The van der Waals surface area contributed by atoms with Gasteiger partial charge in [-0.05, 0) is 30.7 Å². The van der Waals surface area contributed by atoms with Crippen molar-refractivity contribution >= 4 is 21.7 Å². The first-order valence-electron chi connectivity index (χ1n) is 6.20. The van der Waals surface area contributed by atoms with Crippen LogP contribution in [-0.2, 0) is 19.4 Å². The number of carbonyl (C=O) groups excluding carboxylic acids is 1. The van der Waals surface area contributed by atoms with E-state index in [1.807, 2.05) is 0 Å². The number of sulfone groups is 1. The van der Waals surface area contributed by atoms with Crippen LogP contribution < -0.4 is 10.1 Å². The van der Waals surface area contributed by atoms with Crippen molar-refractivity contribution in [1.29, 1.82) is 0 Å². The summed E-state index contributed by atoms with van der Waals surface area (Å²) in [5.74, 6) is -0.938. The molecule has 0 aliphatic heterocycles. The molecule has 1 amide bonds. The summed E-state index contributed by atoms with van der Waals surface area (Å²) in [5, 5.41) is 10.6. The van der Waals surface area contributed by atoms with Gasteiger partial charge in [0, 0.05) is 12.7 Å². The van der Waals surface area contributed by atoms with E-state index in [1.54, 1.807) is 12.1 Å². The number of carbonyl (C=O) groups is 2. The van der Waals surface area contributed by atoms with Crippen molar-refractivity contribution < 1.29 is 27.9 Å². The van der Waals surface area contributed by atoms with Crippen LogP contribution in [0.15, 0.2) is 29.2 Å². The van der Waals surface area contributed by atoms with Gasteiger partial charge in [0.25, 0.3) is 0 Å². The van der Waals surface area contributed by atoms with E-state index in [2.05, 4.69) is 5.32 Å². The molecule has 8 heteroatoms. The van der Waals surface area contributed by atoms with Gasteiger partial charge >= 0.3 is 5.97 Å². The lowest BCUT2D eigenvalue weighted by Crippen LogP contribution is -2.29. The molecule has 1 rings (SSSR count). The number of ether oxygens (including phenoxy) is 1. The van der Waals surface area contributed by atoms with Crippen LogP contribution in [-0.4, -0.2) is 44.8 Å². The van der Waals surface area contributed by atoms with Crippen LogP contribution in [0.5, 0.6) is 5.75 Å². The van der Waals surface area contributed by atoms with Crippen LogP contribution in [0.4, 0.5) is 0 Å². The molecule has 116 valence electrons. The first-order chi connectivity index (χ1) is 9.79. The third-order valence-electron chi connectivity index (χ3n) is 2.51. The second kappa shape index (κ2) is 7.63. The molecular formula is C13H17NO6S. The predicted molar refractivity (Wildman–Crippen MR) is 74.9 cm³/mol. The lowest BCUT2D eigenvalue weighted by atomic mass is 10.3. The molecule has 0 aliphatic rings. The molecule has 0 saturated heterocycles. The van der Waals surface area contributed by atoms with Crippen molar-refractivity contribution in [3.05, 3.63) is 24.3 Å². The zero-order valence-electron chi connectivity index (χ0n) is 11.5. The van der Waals surface area contributed by atoms with Gasteiger partial charge in [-0.2, -0.15) is 0 Å². The monoisotopic (exact) mass is 315 g/mol. The summed E-state index contributed by atoms with van der Waals surface area (Å²) in [6.07, 6.45) is 1.71. The molecule has 0 atom stereocenters. The average Bonchev–Trinajstić information content (AvgIpc) is 2.41. The summed E-state index contributed by atoms with van der Waals surface area (Å²) in [5.41, 5.74) is 0. The molecule has 0 aliphatic carbocycles. The van der Waals surface area contributed by atoms with Crippen molar-refractivity contribution in [3.63, 3.8) is 0 Å². The number of amides is 1. The van der Waals surface area contributed by atoms with Crippen LogP contribution in [0.1, 0.15) is 12.8 Å². The molecule has 0 heterocycles. The normalized spacial score (nSPS) is 10.9. The Morgan fingerprint density at radius 3 is 2.38 bits per heavy atom. The van der Waals surface area contributed by atoms with Crippen molar-refractivity contribution in [2.24, 2.45) is 0 Å². The van der Waals surface area contributed by atoms with Crippen LogP contribution in [0.3, 0.4) is 0 Å². The fraction of sp³-hybridized carbons (Fsp3) is 0.385. The second-order valence-electron chi connectivity index (χ2n) is 4.37. The van der Waals surface area contributed by atoms with Crippen LogP contribution in [0, 0.1) is 0 Å². The lowest BCUT2D eigenvalue weighted by molar-refractivity contribution is -0.137. The number of nitrogens with one attached hydrogen (secondary N) is 1. The van der Waals surface area contributed by atoms with Gasteiger partial charge in [-0.25, -0.2) is 8.42 Å². The molecule has 21 heavy (non-hydrogen) atoms. The van der Waals surface area contributed by atoms with Crippen LogP contribution in [0.2, 0.25) is 0 Å². The summed E-state index contributed by atoms with van der Waals surface area (Å²) in [6, 6.07) is 5.98. The maximum Gasteiger partial charge on any atom is 0.322 e. The maximum absolute atomic E-state index is 11.3. The van der Waals surface area contributed by atoms with E-state index in [0.717, 1.165) is 6.26 Å². The first kappa shape index (κ1) is 17.0. The molecule has 0 radical (unpaired) electrons. The topological polar surface area (TPSA) is 110 Å². The predicted octanol–water partition coefficient (Wildman–Crippen LogP) is 0.450. The first-order valence-corrected chi connectivity index (χ1v) is 8.09. The van der Waals surface area contributed by atoms with E-state index in [1.165, 1.54) is 12.1 Å². The molecule has 0 bridgehead atoms. The number of carboxylic acids is 1. The highest BCUT2D eigenvalue weighted by molar-refractivity contribution is 7.90. The average molecular weight is 315 g/mol. The molecule has 0 fully saturated rings. The zero-order valence-corrected chi connectivity index (χ0v) is 12.4. The van der Waals surface area contributed by atoms with Crippen LogP contribution >= 0.6 is 0 Å². The largest absolute Gasteiger partial charge is 0.494 e. The molecule has 0 spiro atoms. The van der Waals surface area contributed by atoms with Crippen molar-refractivity contribution in [3.8, 4) is 5.75 Å². The third-order valence-corrected chi connectivity index (χ3v) is 3.63. The Kier molecular flexibility index (Phi) is 6.16. The molecule has 0 unspecified atom stereocenters. The Balaban J connectivity index is 2.30. The number of hydrogen-bond donors (Lipinski definition) is 2. The minimum absolute atomic E-state index is 0.161. The summed E-state index contributed by atoms with van der Waals surface area (Å²) in [4.78, 5) is 21.7. The third kappa shape index (κ3) is 6.75. The Bertz CT molecular complexity index is 594. The molecular weight excluding hydrogens is 298 g/mol. The minimum atomic E-state index is -3.23. The molecule has 7 nitrogen and oxygen atoms in total. The number of aliphatic carboxylic acids is 1. The van der Waals surface area contributed by atoms with Gasteiger partial charge in [0.1, 0.15) is 12.3 Å². The van der Waals surface area contributed by atoms with Gasteiger partial charge in [0.15, 0.2) is 9.84 Å². The Morgan fingerprint density at radius 1 is 1.24 bits per heavy atom. The summed E-state index contributed by atoms with van der Waals surface area (Å²) < 4.78 is 27.9. The standard InChI is InChI=1S/C13H17NO6S/c1-21(18,19)11-6-4-10(5-7-11)20-8-2-3-12(15)14-9-13(16)17/h4-7H,2-3,8-9H2,1H3,(H,14,15)(H,16,17). The lowest BCUT2D eigenvalue weighted by Gasteiger charge is -2.07. The van der Waals surface area contributed by atoms with Gasteiger partial charge in [-0.15, -0.1) is 0 Å². The molecule has 1 aromatic carbocycles. The van der Waals surface area contributed by atoms with E-state index in [4.69, 9.17) is 9.84 Å². The van der Waals surface area contributed by atoms with Crippen molar-refractivity contribution in [2.45, 2.75) is 17.7 Å². The number of rotatable bonds is 8. The highest BCUT2D eigenvalue weighted by Gasteiger charge is 2.07. The van der Waals surface area contributed by atoms with E-state index in [9.17, 15) is 18.0 Å². The second-order valence-corrected chi connectivity index (χ2v) is 6.38. The number of benzene rings is 1. The Labute approximate surface area is 122 Å². The van der Waals surface area contributed by atoms with E-state index in [0.29, 0.717) is 12.2 Å². The van der Waals surface area contributed by atoms with Crippen LogP contribution in [0.25, 0.3) is 0 Å². The summed E-state index contributed by atoms with van der Waals surface area (Å²) in [7, 11) is -3.23. The molecule has 0 aromatic heterocycles. The van der Waals surface area contributed by atoms with Gasteiger partial charge in [-0.1, -0.05) is 0 Å². The highest BCUT2D eigenvalue weighted by atomic mass is 32.2. The fourth-order valence-electron chi connectivity index (χ4n) is 1.47. The molecule has 1 aromatic rings. The van der Waals surface area contributed by atoms with E-state index >= 15 is 0 Å².